The largest absolute Gasteiger partial charge is 0.508 e. The van der Waals surface area contributed by atoms with Crippen LogP contribution in [0.5, 0.6) is 11.5 Å². The van der Waals surface area contributed by atoms with Crippen molar-refractivity contribution in [2.24, 2.45) is 11.5 Å². The molecule has 7 heteroatoms. The Morgan fingerprint density at radius 3 is 1.63 bits per heavy atom. The third-order valence-electron chi connectivity index (χ3n) is 1.47. The number of benzene rings is 1. The molecule has 0 radical (unpaired) electrons. The molecular weight excluding hydrogens is 252 g/mol. The van der Waals surface area contributed by atoms with E-state index in [1.807, 2.05) is 0 Å². The number of phenols is 2. The van der Waals surface area contributed by atoms with Crippen molar-refractivity contribution < 1.29 is 24.6 Å². The zero-order chi connectivity index (χ0) is 15.1. The quantitative estimate of drug-likeness (QED) is 0.469. The van der Waals surface area contributed by atoms with E-state index in [1.54, 1.807) is 6.07 Å². The van der Waals surface area contributed by atoms with Gasteiger partial charge in [-0.1, -0.05) is 6.07 Å². The molecule has 106 valence electrons. The number of aldehydes is 2. The van der Waals surface area contributed by atoms with Crippen molar-refractivity contribution in [3.05, 3.63) is 24.3 Å². The number of carbonyl (C=O) groups is 3. The number of unbranched alkanes of at least 4 members (excludes halogenated alkanes) is 2. The lowest BCUT2D eigenvalue weighted by Crippen LogP contribution is -2.18. The molecule has 6 N–H and O–H groups in total. The van der Waals surface area contributed by atoms with Gasteiger partial charge < -0.3 is 31.3 Å². The summed E-state index contributed by atoms with van der Waals surface area (Å²) in [5.74, 6) is 0.176. The lowest BCUT2D eigenvalue weighted by molar-refractivity contribution is -0.108. The minimum absolute atomic E-state index is 0.0880. The Hall–Kier alpha value is -2.57. The van der Waals surface area contributed by atoms with Crippen molar-refractivity contribution in [1.82, 2.24) is 0 Å². The van der Waals surface area contributed by atoms with E-state index in [1.165, 1.54) is 18.2 Å². The molecule has 19 heavy (non-hydrogen) atoms. The molecule has 0 atom stereocenters. The van der Waals surface area contributed by atoms with Crippen molar-refractivity contribution in [3.8, 4) is 11.5 Å². The van der Waals surface area contributed by atoms with E-state index in [0.29, 0.717) is 19.3 Å². The van der Waals surface area contributed by atoms with Crippen LogP contribution in [0.4, 0.5) is 4.79 Å². The van der Waals surface area contributed by atoms with Crippen LogP contribution in [0.25, 0.3) is 0 Å². The zero-order valence-corrected chi connectivity index (χ0v) is 10.4. The maximum atomic E-state index is 9.56. The molecule has 2 amide bonds. The molecule has 0 fully saturated rings. The Labute approximate surface area is 110 Å². The van der Waals surface area contributed by atoms with Gasteiger partial charge in [0.2, 0.25) is 0 Å². The predicted octanol–water partition coefficient (Wildman–Crippen LogP) is 0.676. The third-order valence-corrected chi connectivity index (χ3v) is 1.47. The van der Waals surface area contributed by atoms with Crippen molar-refractivity contribution in [2.75, 3.05) is 0 Å². The van der Waals surface area contributed by atoms with Crippen LogP contribution in [-0.4, -0.2) is 28.8 Å². The fraction of sp³-hybridized carbons (Fsp3) is 0.250. The molecule has 0 aliphatic carbocycles. The minimum Gasteiger partial charge on any atom is -0.508 e. The normalized spacial score (nSPS) is 8.00. The molecular formula is C12H18N2O5. The smallest absolute Gasteiger partial charge is 0.309 e. The second kappa shape index (κ2) is 13.5. The zero-order valence-electron chi connectivity index (χ0n) is 10.4. The van der Waals surface area contributed by atoms with Gasteiger partial charge in [0.1, 0.15) is 24.1 Å². The second-order valence-corrected chi connectivity index (χ2v) is 3.19. The standard InChI is InChI=1S/C6H6O2.C5H8O2.CH4N2O/c7-5-2-1-3-6(8)4-5;6-4-2-1-3-5-7;2-1(3)4/h1-4,7-8H;4-5H,1-3H2;(H4,2,3,4). The lowest BCUT2D eigenvalue weighted by atomic mass is 10.3. The number of hydrogen-bond donors (Lipinski definition) is 4. The average molecular weight is 270 g/mol. The number of phenolic OH excluding ortho intramolecular Hbond substituents is 2. The first kappa shape index (κ1) is 18.8. The molecule has 1 aromatic rings. The molecule has 0 bridgehead atoms. The fourth-order valence-corrected chi connectivity index (χ4v) is 0.778. The van der Waals surface area contributed by atoms with Crippen LogP contribution in [0, 0.1) is 0 Å². The molecule has 0 unspecified atom stereocenters. The lowest BCUT2D eigenvalue weighted by Gasteiger charge is -1.89. The Bertz CT molecular complexity index is 353. The number of carbonyl (C=O) groups excluding carboxylic acids is 3. The van der Waals surface area contributed by atoms with E-state index in [9.17, 15) is 9.59 Å². The van der Waals surface area contributed by atoms with Crippen LogP contribution in [0.2, 0.25) is 0 Å². The molecule has 0 spiro atoms. The number of amides is 2. The summed E-state index contributed by atoms with van der Waals surface area (Å²) >= 11 is 0. The molecule has 0 aliphatic rings. The van der Waals surface area contributed by atoms with Gasteiger partial charge in [-0.15, -0.1) is 0 Å². The highest BCUT2D eigenvalue weighted by molar-refractivity contribution is 5.69. The monoisotopic (exact) mass is 270 g/mol. The summed E-state index contributed by atoms with van der Waals surface area (Å²) in [5, 5.41) is 17.3. The van der Waals surface area contributed by atoms with E-state index in [4.69, 9.17) is 15.0 Å². The van der Waals surface area contributed by atoms with Crippen LogP contribution in [0.15, 0.2) is 24.3 Å². The SMILES string of the molecule is NC(N)=O.O=CCCCC=O.Oc1cccc(O)c1. The van der Waals surface area contributed by atoms with Gasteiger partial charge in [-0.2, -0.15) is 0 Å². The van der Waals surface area contributed by atoms with Gasteiger partial charge in [-0.05, 0) is 18.6 Å². The van der Waals surface area contributed by atoms with Gasteiger partial charge in [-0.3, -0.25) is 0 Å². The van der Waals surface area contributed by atoms with Gasteiger partial charge in [-0.25, -0.2) is 4.79 Å². The van der Waals surface area contributed by atoms with E-state index >= 15 is 0 Å². The van der Waals surface area contributed by atoms with Gasteiger partial charge in [0.25, 0.3) is 0 Å². The molecule has 0 aromatic heterocycles. The highest BCUT2D eigenvalue weighted by Gasteiger charge is 1.85. The van der Waals surface area contributed by atoms with Crippen LogP contribution in [0.3, 0.4) is 0 Å². The predicted molar refractivity (Wildman–Crippen MR) is 69.5 cm³/mol. The first-order valence-corrected chi connectivity index (χ1v) is 5.34. The topological polar surface area (TPSA) is 144 Å². The van der Waals surface area contributed by atoms with E-state index in [-0.39, 0.29) is 11.5 Å². The average Bonchev–Trinajstić information content (AvgIpc) is 2.29. The summed E-state index contributed by atoms with van der Waals surface area (Å²) < 4.78 is 0. The molecule has 1 aromatic carbocycles. The van der Waals surface area contributed by atoms with E-state index in [0.717, 1.165) is 12.6 Å². The van der Waals surface area contributed by atoms with Crippen molar-refractivity contribution in [1.29, 1.82) is 0 Å². The Balaban J connectivity index is 0. The number of hydrogen-bond acceptors (Lipinski definition) is 5. The minimum atomic E-state index is -0.833. The first-order chi connectivity index (χ1) is 8.93. The Kier molecular flexibility index (Phi) is 13.3. The number of primary amides is 2. The molecule has 0 heterocycles. The third kappa shape index (κ3) is 21.3. The summed E-state index contributed by atoms with van der Waals surface area (Å²) in [6.07, 6.45) is 3.37. The van der Waals surface area contributed by atoms with Crippen molar-refractivity contribution in [2.45, 2.75) is 19.3 Å². The number of nitrogens with two attached hydrogens (primary N) is 2. The maximum Gasteiger partial charge on any atom is 0.309 e. The van der Waals surface area contributed by atoms with E-state index in [2.05, 4.69) is 11.5 Å². The van der Waals surface area contributed by atoms with Crippen LogP contribution in [-0.2, 0) is 9.59 Å². The Morgan fingerprint density at radius 2 is 1.42 bits per heavy atom. The molecule has 0 saturated heterocycles. The van der Waals surface area contributed by atoms with Gasteiger partial charge >= 0.3 is 6.03 Å². The van der Waals surface area contributed by atoms with E-state index < -0.39 is 6.03 Å². The van der Waals surface area contributed by atoms with Gasteiger partial charge in [0.05, 0.1) is 0 Å². The first-order valence-electron chi connectivity index (χ1n) is 5.34. The summed E-state index contributed by atoms with van der Waals surface area (Å²) in [5.41, 5.74) is 8.50. The fourth-order valence-electron chi connectivity index (χ4n) is 0.778. The Morgan fingerprint density at radius 1 is 1.05 bits per heavy atom. The molecule has 7 nitrogen and oxygen atoms in total. The summed E-state index contributed by atoms with van der Waals surface area (Å²) in [7, 11) is 0. The highest BCUT2D eigenvalue weighted by Crippen LogP contribution is 2.14. The summed E-state index contributed by atoms with van der Waals surface area (Å²) in [6, 6.07) is 5.02. The van der Waals surface area contributed by atoms with Crippen LogP contribution in [0.1, 0.15) is 19.3 Å². The van der Waals surface area contributed by atoms with Crippen molar-refractivity contribution >= 4 is 18.6 Å². The second-order valence-electron chi connectivity index (χ2n) is 3.19. The van der Waals surface area contributed by atoms with Crippen LogP contribution < -0.4 is 11.5 Å². The number of urea groups is 1. The van der Waals surface area contributed by atoms with Gasteiger partial charge in [0.15, 0.2) is 0 Å². The summed E-state index contributed by atoms with van der Waals surface area (Å²) in [6.45, 7) is 0. The maximum absolute atomic E-state index is 9.56. The molecule has 1 rings (SSSR count). The van der Waals surface area contributed by atoms with Gasteiger partial charge in [0, 0.05) is 18.9 Å². The highest BCUT2D eigenvalue weighted by atomic mass is 16.3. The van der Waals surface area contributed by atoms with Crippen LogP contribution >= 0.6 is 0 Å². The molecule has 0 saturated carbocycles. The number of aromatic hydroxyl groups is 2. The molecule has 0 aliphatic heterocycles. The summed E-state index contributed by atoms with van der Waals surface area (Å²) in [4.78, 5) is 28.1. The number of rotatable bonds is 4. The van der Waals surface area contributed by atoms with Crippen molar-refractivity contribution in [3.63, 3.8) is 0 Å².